The van der Waals surface area contributed by atoms with E-state index in [1.165, 1.54) is 64.2 Å². The Kier molecular flexibility index (Phi) is 15.4. The normalized spacial score (nSPS) is 45.1. The summed E-state index contributed by atoms with van der Waals surface area (Å²) in [6.07, 6.45) is 28.5. The van der Waals surface area contributed by atoms with Crippen molar-refractivity contribution >= 4 is 33.7 Å². The first kappa shape index (κ1) is 51.7. The first-order valence-corrected chi connectivity index (χ1v) is 26.0. The largest absolute Gasteiger partial charge is 0.390 e. The molecular weight excluding hydrogens is 875 g/mol. The van der Waals surface area contributed by atoms with E-state index in [1.807, 2.05) is 19.9 Å². The van der Waals surface area contributed by atoms with Crippen molar-refractivity contribution in [2.45, 2.75) is 196 Å². The van der Waals surface area contributed by atoms with Crippen LogP contribution in [0.1, 0.15) is 184 Å². The van der Waals surface area contributed by atoms with Gasteiger partial charge in [0.2, 0.25) is 0 Å². The maximum Gasteiger partial charge on any atom is 0.265 e. The number of halogens is 1. The lowest BCUT2D eigenvalue weighted by Crippen LogP contribution is -2.55. The Morgan fingerprint density at radius 3 is 1.65 bits per heavy atom. The van der Waals surface area contributed by atoms with Gasteiger partial charge in [-0.25, -0.2) is 4.98 Å². The quantitative estimate of drug-likeness (QED) is 0.223. The van der Waals surface area contributed by atoms with Gasteiger partial charge < -0.3 is 19.6 Å². The Hall–Kier alpha value is -2.66. The predicted octanol–water partition coefficient (Wildman–Crippen LogP) is 12.6. The van der Waals surface area contributed by atoms with Gasteiger partial charge in [-0.3, -0.25) is 9.59 Å². The SMILES string of the molecule is C.C.C[C@@]1(O)CC[C@@]2(C)[C@@H](CC[C@@H]3[C@@H]2CC[C@]2(C)[C@@H](C(=O)CBr)CC[C@@H]32)C1.C[C@@]1(O)CC[C@@]2(C)[C@@H](CC[C@@H]3[C@@H]2CC[C@]2(C)[C@@H](C(=O)Cn4cnc(C#N)c4)CC[C@@H]32)C1.[C-]#[N+]C1=CCC=N1. The van der Waals surface area contributed by atoms with Gasteiger partial charge in [-0.2, -0.15) is 5.26 Å². The standard InChI is InChI=1S/C26H37N3O2.C22H35BrO2.C5H4N2.2CH4/c1-24(31)10-11-25(2)17(12-24)4-5-19-20-6-7-22(26(20,3)9-8-21(19)25)23(30)15-29-14-18(13-27)28-16-29;1-20(25)10-11-21(2)14(12-20)4-5-15-16-6-7-18(19(24)13-23)22(16,3)9-8-17(15)21;1-6-5-3-2-4-7-5;;/h14,16-17,19-22,31H,4-12,15H2,1-3H3;14-18,25H,4-13H2,1-3H3;3-4H,2H2;2*1H4/t17-,19-,20-,21-,22+,24+,25-,26-;14-,15-,16-,17-,18+,20+,21-,22-;;;/m00.../s1. The van der Waals surface area contributed by atoms with Crippen LogP contribution in [-0.4, -0.2) is 54.1 Å². The number of Topliss-reactive ketones (excluding diaryl/α,β-unsaturated/α-hetero) is 2. The van der Waals surface area contributed by atoms with Crippen molar-refractivity contribution in [2.24, 2.45) is 85.8 Å². The van der Waals surface area contributed by atoms with E-state index in [2.05, 4.69) is 58.4 Å². The number of aliphatic imine (C=N–C) groups is 1. The molecule has 0 radical (unpaired) electrons. The number of aromatic nitrogens is 2. The molecule has 2 heterocycles. The van der Waals surface area contributed by atoms with Gasteiger partial charge in [0, 0.05) is 24.5 Å². The molecule has 10 rings (SSSR count). The molecule has 1 aromatic heterocycles. The highest BCUT2D eigenvalue weighted by molar-refractivity contribution is 9.09. The van der Waals surface area contributed by atoms with Crippen molar-refractivity contribution < 1.29 is 19.8 Å². The van der Waals surface area contributed by atoms with Gasteiger partial charge in [0.05, 0.1) is 35.6 Å². The zero-order valence-electron chi connectivity index (χ0n) is 39.3. The summed E-state index contributed by atoms with van der Waals surface area (Å²) >= 11 is 3.43. The summed E-state index contributed by atoms with van der Waals surface area (Å²) in [4.78, 5) is 36.7. The summed E-state index contributed by atoms with van der Waals surface area (Å²) in [5.41, 5.74) is 0.587. The molecule has 16 atom stereocenters. The highest BCUT2D eigenvalue weighted by atomic mass is 79.9. The lowest BCUT2D eigenvalue weighted by molar-refractivity contribution is -0.151. The number of aliphatic hydroxyl groups is 2. The minimum absolute atomic E-state index is 0. The van der Waals surface area contributed by atoms with Gasteiger partial charge >= 0.3 is 0 Å². The number of imidazole rings is 1. The molecule has 10 heteroatoms. The van der Waals surface area contributed by atoms with E-state index in [0.717, 1.165) is 87.4 Å². The number of hydrogen-bond acceptors (Lipinski definition) is 7. The molecule has 0 amide bonds. The predicted molar refractivity (Wildman–Crippen MR) is 264 cm³/mol. The first-order valence-electron chi connectivity index (χ1n) is 24.9. The Bertz CT molecular complexity index is 2040. The molecule has 0 bridgehead atoms. The number of nitriles is 1. The Morgan fingerprint density at radius 1 is 0.738 bits per heavy atom. The Balaban J connectivity index is 0.000000185. The minimum Gasteiger partial charge on any atom is -0.390 e. The van der Waals surface area contributed by atoms with E-state index in [0.29, 0.717) is 63.5 Å². The summed E-state index contributed by atoms with van der Waals surface area (Å²) in [5.74, 6) is 7.57. The number of allylic oxidation sites excluding steroid dienone is 1. The zero-order chi connectivity index (χ0) is 45.2. The molecule has 0 aromatic carbocycles. The topological polar surface area (TPSA) is 133 Å². The lowest BCUT2D eigenvalue weighted by Gasteiger charge is -2.61. The summed E-state index contributed by atoms with van der Waals surface area (Å²) in [6, 6.07) is 2.05. The second-order valence-electron chi connectivity index (χ2n) is 23.9. The maximum absolute atomic E-state index is 13.3. The molecule has 0 unspecified atom stereocenters. The Labute approximate surface area is 401 Å². The highest BCUT2D eigenvalue weighted by Gasteiger charge is 2.63. The van der Waals surface area contributed by atoms with Crippen molar-refractivity contribution in [3.63, 3.8) is 0 Å². The van der Waals surface area contributed by atoms with E-state index in [9.17, 15) is 19.8 Å². The first-order chi connectivity index (χ1) is 29.8. The molecule has 1 aromatic rings. The van der Waals surface area contributed by atoms with Gasteiger partial charge in [-0.05, 0) is 198 Å². The van der Waals surface area contributed by atoms with Crippen LogP contribution >= 0.6 is 15.9 Å². The van der Waals surface area contributed by atoms with Crippen molar-refractivity contribution in [1.82, 2.24) is 9.55 Å². The number of alkyl halides is 1. The second-order valence-corrected chi connectivity index (χ2v) is 24.5. The van der Waals surface area contributed by atoms with Crippen molar-refractivity contribution in [1.29, 1.82) is 5.26 Å². The average Bonchev–Trinajstić information content (AvgIpc) is 4.07. The maximum atomic E-state index is 13.3. The van der Waals surface area contributed by atoms with Crippen LogP contribution in [0.25, 0.3) is 4.85 Å². The molecule has 8 fully saturated rings. The third-order valence-corrected chi connectivity index (χ3v) is 21.2. The van der Waals surface area contributed by atoms with Crippen LogP contribution in [-0.2, 0) is 16.1 Å². The summed E-state index contributed by atoms with van der Waals surface area (Å²) in [6.45, 7) is 20.8. The van der Waals surface area contributed by atoms with E-state index in [4.69, 9.17) is 11.8 Å². The van der Waals surface area contributed by atoms with Crippen LogP contribution in [0.5, 0.6) is 0 Å². The fourth-order valence-corrected chi connectivity index (χ4v) is 17.6. The van der Waals surface area contributed by atoms with Gasteiger partial charge in [0.15, 0.2) is 11.5 Å². The Morgan fingerprint density at radius 2 is 1.23 bits per heavy atom. The van der Waals surface area contributed by atoms with Gasteiger partial charge in [-0.15, -0.1) is 4.99 Å². The molecule has 360 valence electrons. The van der Waals surface area contributed by atoms with Crippen LogP contribution in [0.2, 0.25) is 0 Å². The number of fused-ring (bicyclic) bond motifs is 10. The van der Waals surface area contributed by atoms with Gasteiger partial charge in [0.25, 0.3) is 5.82 Å². The second kappa shape index (κ2) is 19.4. The summed E-state index contributed by atoms with van der Waals surface area (Å²) in [5, 5.41) is 30.8. The zero-order valence-corrected chi connectivity index (χ0v) is 40.8. The fraction of sp³-hybridized carbons (Fsp3) is 0.818. The molecule has 8 saturated carbocycles. The van der Waals surface area contributed by atoms with Gasteiger partial charge in [0.1, 0.15) is 11.9 Å². The molecule has 0 saturated heterocycles. The van der Waals surface area contributed by atoms with Gasteiger partial charge in [-0.1, -0.05) is 71.1 Å². The van der Waals surface area contributed by atoms with E-state index >= 15 is 0 Å². The van der Waals surface area contributed by atoms with E-state index in [1.54, 1.807) is 29.4 Å². The van der Waals surface area contributed by atoms with E-state index in [-0.39, 0.29) is 37.5 Å². The van der Waals surface area contributed by atoms with Crippen molar-refractivity contribution in [3.05, 3.63) is 41.5 Å². The fourth-order valence-electron chi connectivity index (χ4n) is 17.2. The molecule has 65 heavy (non-hydrogen) atoms. The summed E-state index contributed by atoms with van der Waals surface area (Å²) in [7, 11) is 0. The number of carbonyl (C=O) groups excluding carboxylic acids is 2. The number of ketones is 2. The van der Waals surface area contributed by atoms with Crippen molar-refractivity contribution in [2.75, 3.05) is 5.33 Å². The molecule has 1 aliphatic heterocycles. The monoisotopic (exact) mass is 958 g/mol. The highest BCUT2D eigenvalue weighted by Crippen LogP contribution is 2.70. The van der Waals surface area contributed by atoms with Crippen LogP contribution in [0.4, 0.5) is 0 Å². The number of hydrogen-bond donors (Lipinski definition) is 2. The number of carbonyl (C=O) groups is 2. The molecule has 0 spiro atoms. The van der Waals surface area contributed by atoms with Crippen LogP contribution in [0, 0.1) is 98.7 Å². The number of nitrogens with zero attached hydrogens (tertiary/aromatic N) is 5. The minimum atomic E-state index is -0.482. The molecule has 9 nitrogen and oxygen atoms in total. The smallest absolute Gasteiger partial charge is 0.265 e. The molecule has 8 aliphatic carbocycles. The summed E-state index contributed by atoms with van der Waals surface area (Å²) < 4.78 is 1.78. The van der Waals surface area contributed by atoms with Crippen LogP contribution < -0.4 is 0 Å². The average molecular weight is 959 g/mol. The molecule has 2 N–H and O–H groups in total. The third-order valence-electron chi connectivity index (χ3n) is 20.6. The molecular formula is C55H84BrN5O4. The number of rotatable bonds is 5. The van der Waals surface area contributed by atoms with Crippen LogP contribution in [0.15, 0.2) is 29.4 Å². The van der Waals surface area contributed by atoms with E-state index < -0.39 is 11.2 Å². The van der Waals surface area contributed by atoms with Crippen molar-refractivity contribution in [3.8, 4) is 6.07 Å². The lowest BCUT2D eigenvalue weighted by atomic mass is 9.44. The third kappa shape index (κ3) is 9.43. The van der Waals surface area contributed by atoms with Crippen LogP contribution in [0.3, 0.4) is 0 Å². The molecule has 9 aliphatic rings.